The minimum Gasteiger partial charge on any atom is -0.407 e. The second-order valence-electron chi connectivity index (χ2n) is 7.43. The number of carbonyl (C=O) groups is 2. The van der Waals surface area contributed by atoms with E-state index >= 15 is 0 Å². The Morgan fingerprint density at radius 1 is 0.970 bits per heavy atom. The molecule has 0 aliphatic carbocycles. The number of oxazole rings is 1. The molecule has 12 heteroatoms. The van der Waals surface area contributed by atoms with Gasteiger partial charge in [-0.05, 0) is 30.3 Å². The molecule has 4 rings (SSSR count). The average molecular weight is 455 g/mol. The Bertz CT molecular complexity index is 1240. The number of non-ortho nitro benzene ring substituents is 1. The summed E-state index contributed by atoms with van der Waals surface area (Å²) in [6, 6.07) is 10.3. The zero-order valence-electron chi connectivity index (χ0n) is 17.5. The lowest BCUT2D eigenvalue weighted by molar-refractivity contribution is -0.384. The summed E-state index contributed by atoms with van der Waals surface area (Å²) in [5.41, 5.74) is 1.15. The van der Waals surface area contributed by atoms with Crippen molar-refractivity contribution in [1.82, 2.24) is 9.47 Å². The van der Waals surface area contributed by atoms with E-state index in [4.69, 9.17) is 9.15 Å². The number of rotatable bonds is 7. The molecule has 1 aliphatic heterocycles. The van der Waals surface area contributed by atoms with Gasteiger partial charge in [0.05, 0.1) is 36.3 Å². The van der Waals surface area contributed by atoms with Crippen LogP contribution in [0.25, 0.3) is 11.1 Å². The second-order valence-corrected chi connectivity index (χ2v) is 7.43. The standard InChI is InChI=1S/C21H21N5O7/c27-19(12-24-7-9-32-10-8-24)22-14-1-3-15(4-2-14)23-20(28)13-25-17-6-5-16(26(30)31)11-18(17)33-21(25)29/h1-6,11H,7-10,12-13H2,(H,22,27)(H,23,28). The number of aromatic nitrogens is 1. The molecule has 2 N–H and O–H groups in total. The van der Waals surface area contributed by atoms with Gasteiger partial charge in [-0.15, -0.1) is 0 Å². The molecule has 33 heavy (non-hydrogen) atoms. The molecule has 1 aromatic heterocycles. The van der Waals surface area contributed by atoms with Crippen LogP contribution in [0, 0.1) is 10.1 Å². The molecule has 3 aromatic rings. The van der Waals surface area contributed by atoms with Crippen molar-refractivity contribution in [2.45, 2.75) is 6.54 Å². The monoisotopic (exact) mass is 455 g/mol. The lowest BCUT2D eigenvalue weighted by atomic mass is 10.2. The normalized spacial score (nSPS) is 14.2. The number of hydrogen-bond donors (Lipinski definition) is 2. The second kappa shape index (κ2) is 9.63. The van der Waals surface area contributed by atoms with E-state index in [1.54, 1.807) is 24.3 Å². The van der Waals surface area contributed by atoms with Crippen molar-refractivity contribution in [3.8, 4) is 0 Å². The third kappa shape index (κ3) is 5.42. The third-order valence-corrected chi connectivity index (χ3v) is 5.09. The van der Waals surface area contributed by atoms with E-state index in [-0.39, 0.29) is 35.8 Å². The summed E-state index contributed by atoms with van der Waals surface area (Å²) >= 11 is 0. The van der Waals surface area contributed by atoms with Gasteiger partial charge in [0.1, 0.15) is 6.54 Å². The minimum absolute atomic E-state index is 0.0270. The number of benzene rings is 2. The number of morpholine rings is 1. The molecule has 12 nitrogen and oxygen atoms in total. The minimum atomic E-state index is -0.793. The van der Waals surface area contributed by atoms with Crippen molar-refractivity contribution in [3.63, 3.8) is 0 Å². The first kappa shape index (κ1) is 22.2. The highest BCUT2D eigenvalue weighted by molar-refractivity contribution is 5.94. The van der Waals surface area contributed by atoms with E-state index in [0.717, 1.165) is 10.6 Å². The van der Waals surface area contributed by atoms with Crippen LogP contribution < -0.4 is 16.4 Å². The van der Waals surface area contributed by atoms with E-state index < -0.39 is 16.6 Å². The largest absolute Gasteiger partial charge is 0.420 e. The first-order chi connectivity index (χ1) is 15.9. The number of fused-ring (bicyclic) bond motifs is 1. The summed E-state index contributed by atoms with van der Waals surface area (Å²) in [7, 11) is 0. The van der Waals surface area contributed by atoms with Crippen LogP contribution in [0.5, 0.6) is 0 Å². The summed E-state index contributed by atoms with van der Waals surface area (Å²) in [5, 5.41) is 16.3. The van der Waals surface area contributed by atoms with Gasteiger partial charge in [-0.3, -0.25) is 29.2 Å². The number of hydrogen-bond acceptors (Lipinski definition) is 8. The first-order valence-corrected chi connectivity index (χ1v) is 10.2. The Labute approximate surface area is 186 Å². The maximum absolute atomic E-state index is 12.4. The van der Waals surface area contributed by atoms with E-state index in [1.165, 1.54) is 12.1 Å². The molecule has 1 saturated heterocycles. The molecule has 172 valence electrons. The van der Waals surface area contributed by atoms with E-state index in [9.17, 15) is 24.5 Å². The van der Waals surface area contributed by atoms with Gasteiger partial charge in [0.25, 0.3) is 5.69 Å². The van der Waals surface area contributed by atoms with Crippen molar-refractivity contribution < 1.29 is 23.7 Å². The Hall–Kier alpha value is -4.03. The van der Waals surface area contributed by atoms with Crippen LogP contribution in [0.3, 0.4) is 0 Å². The summed E-state index contributed by atoms with van der Waals surface area (Å²) in [4.78, 5) is 49.0. The number of nitro benzene ring substituents is 1. The van der Waals surface area contributed by atoms with Crippen LogP contribution in [0.15, 0.2) is 51.7 Å². The average Bonchev–Trinajstić information content (AvgIpc) is 3.10. The number of anilines is 2. The molecule has 0 saturated carbocycles. The molecule has 2 heterocycles. The van der Waals surface area contributed by atoms with Crippen molar-refractivity contribution in [2.24, 2.45) is 0 Å². The van der Waals surface area contributed by atoms with Gasteiger partial charge in [-0.25, -0.2) is 4.79 Å². The Morgan fingerprint density at radius 2 is 1.58 bits per heavy atom. The molecule has 0 bridgehead atoms. The van der Waals surface area contributed by atoms with Gasteiger partial charge in [-0.2, -0.15) is 0 Å². The maximum atomic E-state index is 12.4. The molecule has 0 spiro atoms. The molecular formula is C21H21N5O7. The number of nitrogens with one attached hydrogen (secondary N) is 2. The summed E-state index contributed by atoms with van der Waals surface area (Å²) in [5.74, 6) is -1.42. The van der Waals surface area contributed by atoms with Crippen molar-refractivity contribution in [3.05, 3.63) is 63.1 Å². The molecule has 1 aliphatic rings. The van der Waals surface area contributed by atoms with Gasteiger partial charge < -0.3 is 19.8 Å². The summed E-state index contributed by atoms with van der Waals surface area (Å²) in [6.45, 7) is 2.60. The van der Waals surface area contributed by atoms with Gasteiger partial charge in [0.15, 0.2) is 5.58 Å². The molecule has 2 amide bonds. The Kier molecular flexibility index (Phi) is 6.47. The number of ether oxygens (including phenoxy) is 1. The Morgan fingerprint density at radius 3 is 2.18 bits per heavy atom. The number of nitrogens with zero attached hydrogens (tertiary/aromatic N) is 3. The molecule has 2 aromatic carbocycles. The van der Waals surface area contributed by atoms with Gasteiger partial charge >= 0.3 is 5.76 Å². The summed E-state index contributed by atoms with van der Waals surface area (Å²) < 4.78 is 11.4. The molecular weight excluding hydrogens is 434 g/mol. The van der Waals surface area contributed by atoms with Crippen LogP contribution in [0.2, 0.25) is 0 Å². The molecule has 0 radical (unpaired) electrons. The van der Waals surface area contributed by atoms with Crippen molar-refractivity contribution >= 4 is 40.0 Å². The number of nitro groups is 1. The maximum Gasteiger partial charge on any atom is 0.420 e. The lowest BCUT2D eigenvalue weighted by Crippen LogP contribution is -2.41. The van der Waals surface area contributed by atoms with Crippen molar-refractivity contribution in [2.75, 3.05) is 43.5 Å². The zero-order valence-corrected chi connectivity index (χ0v) is 17.5. The third-order valence-electron chi connectivity index (χ3n) is 5.09. The summed E-state index contributed by atoms with van der Waals surface area (Å²) in [6.07, 6.45) is 0. The smallest absolute Gasteiger partial charge is 0.407 e. The van der Waals surface area contributed by atoms with Crippen LogP contribution in [-0.4, -0.2) is 59.1 Å². The SMILES string of the molecule is O=C(CN1CCOCC1)Nc1ccc(NC(=O)Cn2c(=O)oc3cc([N+](=O)[O-])ccc32)cc1. The molecule has 1 fully saturated rings. The van der Waals surface area contributed by atoms with Gasteiger partial charge in [0, 0.05) is 30.5 Å². The Balaban J connectivity index is 1.35. The van der Waals surface area contributed by atoms with Crippen LogP contribution in [0.1, 0.15) is 0 Å². The van der Waals surface area contributed by atoms with E-state index in [1.807, 2.05) is 4.90 Å². The van der Waals surface area contributed by atoms with Crippen LogP contribution in [0.4, 0.5) is 17.1 Å². The van der Waals surface area contributed by atoms with Gasteiger partial charge in [-0.1, -0.05) is 0 Å². The number of carbonyl (C=O) groups excluding carboxylic acids is 2. The molecule has 0 unspecified atom stereocenters. The highest BCUT2D eigenvalue weighted by Crippen LogP contribution is 2.20. The predicted molar refractivity (Wildman–Crippen MR) is 118 cm³/mol. The molecule has 0 atom stereocenters. The highest BCUT2D eigenvalue weighted by atomic mass is 16.6. The predicted octanol–water partition coefficient (Wildman–Crippen LogP) is 1.41. The van der Waals surface area contributed by atoms with Gasteiger partial charge in [0.2, 0.25) is 11.8 Å². The van der Waals surface area contributed by atoms with Crippen LogP contribution >= 0.6 is 0 Å². The quantitative estimate of drug-likeness (QED) is 0.401. The topological polar surface area (TPSA) is 149 Å². The van der Waals surface area contributed by atoms with E-state index in [2.05, 4.69) is 10.6 Å². The number of amides is 2. The first-order valence-electron chi connectivity index (χ1n) is 10.2. The zero-order chi connectivity index (χ0) is 23.4. The van der Waals surface area contributed by atoms with E-state index in [0.29, 0.717) is 37.7 Å². The fourth-order valence-corrected chi connectivity index (χ4v) is 3.46. The van der Waals surface area contributed by atoms with Crippen LogP contribution in [-0.2, 0) is 20.9 Å². The fraction of sp³-hybridized carbons (Fsp3) is 0.286. The fourth-order valence-electron chi connectivity index (χ4n) is 3.46. The van der Waals surface area contributed by atoms with Crippen molar-refractivity contribution in [1.29, 1.82) is 0 Å². The highest BCUT2D eigenvalue weighted by Gasteiger charge is 2.17. The lowest BCUT2D eigenvalue weighted by Gasteiger charge is -2.25.